The maximum absolute atomic E-state index is 12.1. The topological polar surface area (TPSA) is 98.5 Å². The minimum atomic E-state index is -3.80. The van der Waals surface area contributed by atoms with Crippen molar-refractivity contribution in [2.24, 2.45) is 5.14 Å². The molecule has 1 atom stereocenters. The first-order valence-corrected chi connectivity index (χ1v) is 7.99. The normalized spacial score (nSPS) is 19.6. The Morgan fingerprint density at radius 3 is 2.75 bits per heavy atom. The summed E-state index contributed by atoms with van der Waals surface area (Å²) in [5, 5.41) is 7.84. The molecule has 0 radical (unpaired) electrons. The Morgan fingerprint density at radius 2 is 2.15 bits per heavy atom. The second kappa shape index (κ2) is 5.90. The van der Waals surface area contributed by atoms with E-state index in [1.807, 2.05) is 0 Å². The molecule has 3 N–H and O–H groups in total. The summed E-state index contributed by atoms with van der Waals surface area (Å²) in [5.74, 6) is -0.251. The summed E-state index contributed by atoms with van der Waals surface area (Å²) in [7, 11) is -3.80. The molecule has 110 valence electrons. The lowest BCUT2D eigenvalue weighted by atomic mass is 10.1. The largest absolute Gasteiger partial charge is 0.368 e. The summed E-state index contributed by atoms with van der Waals surface area (Å²) in [6, 6.07) is 4.60. The van der Waals surface area contributed by atoms with E-state index in [2.05, 4.69) is 5.32 Å². The fourth-order valence-corrected chi connectivity index (χ4v) is 3.02. The summed E-state index contributed by atoms with van der Waals surface area (Å²) in [4.78, 5) is 12.1. The van der Waals surface area contributed by atoms with Crippen LogP contribution < -0.4 is 10.5 Å². The maximum Gasteiger partial charge on any atom is 0.253 e. The number of anilines is 1. The first kappa shape index (κ1) is 15.0. The smallest absolute Gasteiger partial charge is 0.253 e. The first-order valence-electron chi connectivity index (χ1n) is 6.44. The monoisotopic (exact) mass is 298 g/mol. The van der Waals surface area contributed by atoms with Crippen molar-refractivity contribution in [1.82, 2.24) is 0 Å². The first-order chi connectivity index (χ1) is 9.39. The quantitative estimate of drug-likeness (QED) is 0.874. The van der Waals surface area contributed by atoms with Crippen LogP contribution in [0.4, 0.5) is 5.69 Å². The molecule has 6 nitrogen and oxygen atoms in total. The molecular formula is C13H18N2O4S. The number of hydrogen-bond acceptors (Lipinski definition) is 4. The molecule has 1 fully saturated rings. The highest BCUT2D eigenvalue weighted by atomic mass is 32.2. The van der Waals surface area contributed by atoms with Gasteiger partial charge in [0.15, 0.2) is 0 Å². The molecule has 1 aromatic carbocycles. The zero-order valence-corrected chi connectivity index (χ0v) is 12.1. The number of carbonyl (C=O) groups is 1. The van der Waals surface area contributed by atoms with E-state index in [1.54, 1.807) is 19.1 Å². The van der Waals surface area contributed by atoms with Crippen LogP contribution in [0.1, 0.15) is 24.8 Å². The summed E-state index contributed by atoms with van der Waals surface area (Å²) in [6.07, 6.45) is 2.12. The number of carbonyl (C=O) groups excluding carboxylic acids is 1. The van der Waals surface area contributed by atoms with Gasteiger partial charge in [-0.25, -0.2) is 13.6 Å². The van der Waals surface area contributed by atoms with E-state index in [4.69, 9.17) is 9.88 Å². The number of nitrogens with one attached hydrogen (secondary N) is 1. The van der Waals surface area contributed by atoms with Gasteiger partial charge in [-0.1, -0.05) is 6.07 Å². The second-order valence-corrected chi connectivity index (χ2v) is 6.35. The number of primary sulfonamides is 1. The minimum Gasteiger partial charge on any atom is -0.368 e. The van der Waals surface area contributed by atoms with E-state index >= 15 is 0 Å². The van der Waals surface area contributed by atoms with Gasteiger partial charge in [-0.2, -0.15) is 0 Å². The summed E-state index contributed by atoms with van der Waals surface area (Å²) in [6.45, 7) is 2.19. The molecule has 1 heterocycles. The maximum atomic E-state index is 12.1. The fourth-order valence-electron chi connectivity index (χ4n) is 2.22. The Labute approximate surface area is 118 Å². The van der Waals surface area contributed by atoms with Gasteiger partial charge in [0.1, 0.15) is 6.10 Å². The molecule has 1 unspecified atom stereocenters. The van der Waals surface area contributed by atoms with Crippen LogP contribution in [-0.4, -0.2) is 27.0 Å². The lowest BCUT2D eigenvalue weighted by Gasteiger charge is -2.22. The van der Waals surface area contributed by atoms with Crippen molar-refractivity contribution in [3.05, 3.63) is 23.8 Å². The van der Waals surface area contributed by atoms with Crippen LogP contribution in [0.5, 0.6) is 0 Å². The summed E-state index contributed by atoms with van der Waals surface area (Å²) < 4.78 is 28.3. The number of nitrogens with two attached hydrogens (primary N) is 1. The molecular weight excluding hydrogens is 280 g/mol. The van der Waals surface area contributed by atoms with Gasteiger partial charge in [0.05, 0.1) is 4.90 Å². The molecule has 0 saturated carbocycles. The van der Waals surface area contributed by atoms with Gasteiger partial charge in [-0.3, -0.25) is 4.79 Å². The van der Waals surface area contributed by atoms with Gasteiger partial charge in [0, 0.05) is 12.3 Å². The highest BCUT2D eigenvalue weighted by Gasteiger charge is 2.23. The molecule has 1 aromatic rings. The Kier molecular flexibility index (Phi) is 4.42. The number of amides is 1. The Balaban J connectivity index is 2.19. The lowest BCUT2D eigenvalue weighted by molar-refractivity contribution is -0.129. The zero-order valence-electron chi connectivity index (χ0n) is 11.3. The van der Waals surface area contributed by atoms with Crippen LogP contribution in [-0.2, 0) is 19.6 Å². The predicted molar refractivity (Wildman–Crippen MR) is 74.8 cm³/mol. The van der Waals surface area contributed by atoms with Crippen molar-refractivity contribution in [1.29, 1.82) is 0 Å². The number of benzene rings is 1. The van der Waals surface area contributed by atoms with Crippen molar-refractivity contribution >= 4 is 21.6 Å². The molecule has 2 rings (SSSR count). The summed E-state index contributed by atoms with van der Waals surface area (Å²) >= 11 is 0. The zero-order chi connectivity index (χ0) is 14.8. The number of hydrogen-bond donors (Lipinski definition) is 2. The molecule has 0 aromatic heterocycles. The number of ether oxygens (including phenoxy) is 1. The van der Waals surface area contributed by atoms with Gasteiger partial charge in [-0.05, 0) is 43.9 Å². The van der Waals surface area contributed by atoms with E-state index < -0.39 is 16.1 Å². The molecule has 0 aliphatic carbocycles. The second-order valence-electron chi connectivity index (χ2n) is 4.82. The van der Waals surface area contributed by atoms with Crippen molar-refractivity contribution in [2.75, 3.05) is 11.9 Å². The van der Waals surface area contributed by atoms with Crippen LogP contribution in [0, 0.1) is 6.92 Å². The van der Waals surface area contributed by atoms with Crippen LogP contribution in [0.25, 0.3) is 0 Å². The van der Waals surface area contributed by atoms with Crippen LogP contribution in [0.2, 0.25) is 0 Å². The van der Waals surface area contributed by atoms with E-state index in [1.165, 1.54) is 6.07 Å². The van der Waals surface area contributed by atoms with Gasteiger partial charge in [0.2, 0.25) is 10.0 Å². The molecule has 0 bridgehead atoms. The third kappa shape index (κ3) is 3.36. The fraction of sp³-hybridized carbons (Fsp3) is 0.462. The van der Waals surface area contributed by atoms with Crippen molar-refractivity contribution in [2.45, 2.75) is 37.2 Å². The van der Waals surface area contributed by atoms with Gasteiger partial charge < -0.3 is 10.1 Å². The molecule has 1 saturated heterocycles. The highest BCUT2D eigenvalue weighted by Crippen LogP contribution is 2.23. The minimum absolute atomic E-state index is 0.0138. The van der Waals surface area contributed by atoms with E-state index in [9.17, 15) is 13.2 Å². The lowest BCUT2D eigenvalue weighted by Crippen LogP contribution is -2.33. The standard InChI is InChI=1S/C13H18N2O4S/c1-9-10(5-4-7-12(9)20(14,17)18)15-13(16)11-6-2-3-8-19-11/h4-5,7,11H,2-3,6,8H2,1H3,(H,15,16)(H2,14,17,18). The average Bonchev–Trinajstić information content (AvgIpc) is 2.40. The van der Waals surface area contributed by atoms with E-state index in [0.717, 1.165) is 12.8 Å². The summed E-state index contributed by atoms with van der Waals surface area (Å²) in [5.41, 5.74) is 0.870. The molecule has 1 amide bonds. The average molecular weight is 298 g/mol. The highest BCUT2D eigenvalue weighted by molar-refractivity contribution is 7.89. The Bertz CT molecular complexity index is 607. The van der Waals surface area contributed by atoms with Crippen molar-refractivity contribution < 1.29 is 17.9 Å². The SMILES string of the molecule is Cc1c(NC(=O)C2CCCCO2)cccc1S(N)(=O)=O. The van der Waals surface area contributed by atoms with Crippen LogP contribution >= 0.6 is 0 Å². The third-order valence-corrected chi connectivity index (χ3v) is 4.38. The molecule has 7 heteroatoms. The van der Waals surface area contributed by atoms with E-state index in [-0.39, 0.29) is 10.8 Å². The number of sulfonamides is 1. The molecule has 0 spiro atoms. The molecule has 1 aliphatic rings. The molecule has 20 heavy (non-hydrogen) atoms. The van der Waals surface area contributed by atoms with Crippen molar-refractivity contribution in [3.8, 4) is 0 Å². The molecule has 1 aliphatic heterocycles. The van der Waals surface area contributed by atoms with Crippen LogP contribution in [0.3, 0.4) is 0 Å². The van der Waals surface area contributed by atoms with Crippen molar-refractivity contribution in [3.63, 3.8) is 0 Å². The third-order valence-electron chi connectivity index (χ3n) is 3.32. The van der Waals surface area contributed by atoms with Crippen LogP contribution in [0.15, 0.2) is 23.1 Å². The Morgan fingerprint density at radius 1 is 1.40 bits per heavy atom. The Hall–Kier alpha value is -1.44. The van der Waals surface area contributed by atoms with Gasteiger partial charge in [0.25, 0.3) is 5.91 Å². The van der Waals surface area contributed by atoms with Gasteiger partial charge in [-0.15, -0.1) is 0 Å². The van der Waals surface area contributed by atoms with Gasteiger partial charge >= 0.3 is 0 Å². The van der Waals surface area contributed by atoms with E-state index in [0.29, 0.717) is 24.3 Å². The number of rotatable bonds is 3. The predicted octanol–water partition coefficient (Wildman–Crippen LogP) is 1.15.